The van der Waals surface area contributed by atoms with Crippen LogP contribution in [-0.4, -0.2) is 4.92 Å². The SMILES string of the molecule is CC.Cc1ccc([N+](=O)[O-])cc1.Nc1ccccc1. The molecular formula is C15H20N2O2. The molecule has 2 aromatic rings. The lowest BCUT2D eigenvalue weighted by Crippen LogP contribution is -1.86. The molecule has 19 heavy (non-hydrogen) atoms. The maximum absolute atomic E-state index is 10.1. The van der Waals surface area contributed by atoms with Crippen molar-refractivity contribution in [1.82, 2.24) is 0 Å². The van der Waals surface area contributed by atoms with Crippen molar-refractivity contribution in [2.24, 2.45) is 0 Å². The first-order chi connectivity index (χ1) is 9.09. The Balaban J connectivity index is 0.000000316. The molecule has 0 saturated heterocycles. The number of hydrogen-bond acceptors (Lipinski definition) is 3. The molecule has 2 aromatic carbocycles. The average Bonchev–Trinajstić information content (AvgIpc) is 2.43. The van der Waals surface area contributed by atoms with Crippen LogP contribution in [0.5, 0.6) is 0 Å². The highest BCUT2D eigenvalue weighted by atomic mass is 16.6. The first-order valence-corrected chi connectivity index (χ1v) is 6.11. The topological polar surface area (TPSA) is 69.2 Å². The van der Waals surface area contributed by atoms with Crippen LogP contribution in [-0.2, 0) is 0 Å². The number of anilines is 1. The van der Waals surface area contributed by atoms with Gasteiger partial charge < -0.3 is 5.73 Å². The number of hydrogen-bond donors (Lipinski definition) is 1. The van der Waals surface area contributed by atoms with Gasteiger partial charge in [0.15, 0.2) is 0 Å². The third-order valence-corrected chi connectivity index (χ3v) is 2.04. The Labute approximate surface area is 114 Å². The highest BCUT2D eigenvalue weighted by Crippen LogP contribution is 2.10. The molecule has 4 heteroatoms. The Bertz CT molecular complexity index is 467. The maximum atomic E-state index is 10.1. The molecule has 0 aliphatic carbocycles. The molecule has 0 atom stereocenters. The summed E-state index contributed by atoms with van der Waals surface area (Å²) in [5.41, 5.74) is 7.36. The standard InChI is InChI=1S/C7H7NO2.C6H7N.C2H6/c1-6-2-4-7(5-3-6)8(9)10;7-6-4-2-1-3-5-6;1-2/h2-5H,1H3;1-5H,7H2;1-2H3. The number of benzene rings is 2. The van der Waals surface area contributed by atoms with Gasteiger partial charge in [0.1, 0.15) is 0 Å². The van der Waals surface area contributed by atoms with Crippen LogP contribution < -0.4 is 5.73 Å². The molecule has 0 saturated carbocycles. The molecule has 0 amide bonds. The van der Waals surface area contributed by atoms with Crippen molar-refractivity contribution >= 4 is 11.4 Å². The lowest BCUT2D eigenvalue weighted by atomic mass is 10.2. The summed E-state index contributed by atoms with van der Waals surface area (Å²) in [6, 6.07) is 15.9. The molecule has 102 valence electrons. The van der Waals surface area contributed by atoms with E-state index in [1.165, 1.54) is 12.1 Å². The molecule has 2 N–H and O–H groups in total. The summed E-state index contributed by atoms with van der Waals surface area (Å²) in [6.07, 6.45) is 0. The minimum Gasteiger partial charge on any atom is -0.399 e. The quantitative estimate of drug-likeness (QED) is 0.474. The van der Waals surface area contributed by atoms with Gasteiger partial charge in [0.25, 0.3) is 5.69 Å². The summed E-state index contributed by atoms with van der Waals surface area (Å²) in [4.78, 5) is 9.71. The zero-order valence-corrected chi connectivity index (χ0v) is 11.5. The molecule has 2 rings (SSSR count). The van der Waals surface area contributed by atoms with Crippen molar-refractivity contribution in [3.8, 4) is 0 Å². The molecule has 0 aromatic heterocycles. The second-order valence-electron chi connectivity index (χ2n) is 3.50. The van der Waals surface area contributed by atoms with Gasteiger partial charge in [-0.15, -0.1) is 0 Å². The lowest BCUT2D eigenvalue weighted by Gasteiger charge is -1.90. The Kier molecular flexibility index (Phi) is 8.45. The molecule has 0 heterocycles. The molecule has 0 bridgehead atoms. The number of nitrogens with two attached hydrogens (primary N) is 1. The maximum Gasteiger partial charge on any atom is 0.269 e. The third-order valence-electron chi connectivity index (χ3n) is 2.04. The molecule has 0 aliphatic rings. The largest absolute Gasteiger partial charge is 0.399 e. The summed E-state index contributed by atoms with van der Waals surface area (Å²) < 4.78 is 0. The second kappa shape index (κ2) is 9.65. The zero-order chi connectivity index (χ0) is 14.7. The van der Waals surface area contributed by atoms with Gasteiger partial charge in [-0.25, -0.2) is 0 Å². The van der Waals surface area contributed by atoms with Crippen LogP contribution in [0.25, 0.3) is 0 Å². The van der Waals surface area contributed by atoms with E-state index in [1.807, 2.05) is 51.1 Å². The first kappa shape index (κ1) is 16.6. The number of aryl methyl sites for hydroxylation is 1. The van der Waals surface area contributed by atoms with E-state index in [0.29, 0.717) is 0 Å². The summed E-state index contributed by atoms with van der Waals surface area (Å²) >= 11 is 0. The van der Waals surface area contributed by atoms with E-state index in [9.17, 15) is 10.1 Å². The van der Waals surface area contributed by atoms with E-state index >= 15 is 0 Å². The summed E-state index contributed by atoms with van der Waals surface area (Å²) in [5, 5.41) is 10.1. The van der Waals surface area contributed by atoms with Crippen molar-refractivity contribution in [3.05, 3.63) is 70.3 Å². The summed E-state index contributed by atoms with van der Waals surface area (Å²) in [6.45, 7) is 5.89. The van der Waals surface area contributed by atoms with Crippen molar-refractivity contribution < 1.29 is 4.92 Å². The van der Waals surface area contributed by atoms with Gasteiger partial charge in [0.05, 0.1) is 4.92 Å². The minimum atomic E-state index is -0.403. The van der Waals surface area contributed by atoms with Gasteiger partial charge in [-0.05, 0) is 19.1 Å². The van der Waals surface area contributed by atoms with E-state index < -0.39 is 4.92 Å². The summed E-state index contributed by atoms with van der Waals surface area (Å²) in [7, 11) is 0. The Hall–Kier alpha value is -2.36. The van der Waals surface area contributed by atoms with Crippen LogP contribution in [0.15, 0.2) is 54.6 Å². The van der Waals surface area contributed by atoms with Gasteiger partial charge >= 0.3 is 0 Å². The fourth-order valence-electron chi connectivity index (χ4n) is 1.12. The van der Waals surface area contributed by atoms with Crippen LogP contribution >= 0.6 is 0 Å². The van der Waals surface area contributed by atoms with E-state index in [-0.39, 0.29) is 5.69 Å². The molecule has 0 aliphatic heterocycles. The fourth-order valence-corrected chi connectivity index (χ4v) is 1.12. The van der Waals surface area contributed by atoms with Gasteiger partial charge in [-0.2, -0.15) is 0 Å². The Morgan fingerprint density at radius 3 is 1.74 bits per heavy atom. The number of nitrogen functional groups attached to an aromatic ring is 1. The minimum absolute atomic E-state index is 0.144. The third kappa shape index (κ3) is 7.54. The highest BCUT2D eigenvalue weighted by molar-refractivity contribution is 5.35. The van der Waals surface area contributed by atoms with Crippen molar-refractivity contribution in [1.29, 1.82) is 0 Å². The van der Waals surface area contributed by atoms with E-state index in [2.05, 4.69) is 0 Å². The van der Waals surface area contributed by atoms with Gasteiger partial charge in [-0.3, -0.25) is 10.1 Å². The fraction of sp³-hybridized carbons (Fsp3) is 0.200. The Morgan fingerprint density at radius 1 is 0.947 bits per heavy atom. The van der Waals surface area contributed by atoms with Crippen LogP contribution in [0.2, 0.25) is 0 Å². The van der Waals surface area contributed by atoms with Crippen LogP contribution in [0, 0.1) is 17.0 Å². The van der Waals surface area contributed by atoms with E-state index in [1.54, 1.807) is 12.1 Å². The molecule has 0 unspecified atom stereocenters. The second-order valence-corrected chi connectivity index (χ2v) is 3.50. The number of non-ortho nitro benzene ring substituents is 1. The van der Waals surface area contributed by atoms with Gasteiger partial charge in [-0.1, -0.05) is 49.7 Å². The van der Waals surface area contributed by atoms with Crippen molar-refractivity contribution in [3.63, 3.8) is 0 Å². The normalized spacial score (nSPS) is 8.37. The first-order valence-electron chi connectivity index (χ1n) is 6.11. The van der Waals surface area contributed by atoms with E-state index in [4.69, 9.17) is 5.73 Å². The average molecular weight is 260 g/mol. The van der Waals surface area contributed by atoms with Crippen molar-refractivity contribution in [2.45, 2.75) is 20.8 Å². The van der Waals surface area contributed by atoms with Gasteiger partial charge in [0, 0.05) is 17.8 Å². The molecule has 0 radical (unpaired) electrons. The number of nitro benzene ring substituents is 1. The predicted molar refractivity (Wildman–Crippen MR) is 80.0 cm³/mol. The Morgan fingerprint density at radius 2 is 1.42 bits per heavy atom. The molecule has 0 fully saturated rings. The van der Waals surface area contributed by atoms with Crippen molar-refractivity contribution in [2.75, 3.05) is 5.73 Å². The predicted octanol–water partition coefficient (Wildman–Crippen LogP) is 4.20. The van der Waals surface area contributed by atoms with Crippen LogP contribution in [0.1, 0.15) is 19.4 Å². The van der Waals surface area contributed by atoms with E-state index in [0.717, 1.165) is 11.3 Å². The lowest BCUT2D eigenvalue weighted by molar-refractivity contribution is -0.384. The number of nitro groups is 1. The molecule has 4 nitrogen and oxygen atoms in total. The summed E-state index contributed by atoms with van der Waals surface area (Å²) in [5.74, 6) is 0. The highest BCUT2D eigenvalue weighted by Gasteiger charge is 2.00. The van der Waals surface area contributed by atoms with Gasteiger partial charge in [0.2, 0.25) is 0 Å². The number of rotatable bonds is 1. The smallest absolute Gasteiger partial charge is 0.269 e. The van der Waals surface area contributed by atoms with Crippen LogP contribution in [0.3, 0.4) is 0 Å². The number of para-hydroxylation sites is 1. The molecular weight excluding hydrogens is 240 g/mol. The molecule has 0 spiro atoms. The number of nitrogens with zero attached hydrogens (tertiary/aromatic N) is 1. The zero-order valence-electron chi connectivity index (χ0n) is 11.5. The monoisotopic (exact) mass is 260 g/mol. The van der Waals surface area contributed by atoms with Crippen LogP contribution in [0.4, 0.5) is 11.4 Å².